The highest BCUT2D eigenvalue weighted by Crippen LogP contribution is 2.22. The van der Waals surface area contributed by atoms with Crippen LogP contribution in [0.1, 0.15) is 31.9 Å². The van der Waals surface area contributed by atoms with Crippen LogP contribution in [0.4, 0.5) is 0 Å². The molecule has 1 aromatic carbocycles. The van der Waals surface area contributed by atoms with Gasteiger partial charge < -0.3 is 10.0 Å². The number of rotatable bonds is 2. The van der Waals surface area contributed by atoms with E-state index in [2.05, 4.69) is 26.8 Å². The maximum atomic E-state index is 8.86. The van der Waals surface area contributed by atoms with Crippen LogP contribution in [0.15, 0.2) is 24.3 Å². The van der Waals surface area contributed by atoms with Gasteiger partial charge in [0.1, 0.15) is 0 Å². The minimum Gasteiger partial charge on any atom is -0.427 e. The molecule has 2 N–H and O–H groups in total. The molecule has 0 saturated heterocycles. The molecule has 0 aliphatic carbocycles. The fourth-order valence-corrected chi connectivity index (χ4v) is 1.38. The lowest BCUT2D eigenvalue weighted by atomic mass is 9.79. The maximum Gasteiger partial charge on any atom is 0.456 e. The van der Waals surface area contributed by atoms with Gasteiger partial charge >= 0.3 is 7.12 Å². The van der Waals surface area contributed by atoms with Crippen molar-refractivity contribution in [3.63, 3.8) is 0 Å². The summed E-state index contributed by atoms with van der Waals surface area (Å²) in [4.78, 5) is 0. The Hall–Kier alpha value is -0.795. The molecule has 0 saturated carbocycles. The van der Waals surface area contributed by atoms with Crippen molar-refractivity contribution in [2.24, 2.45) is 0 Å². The quantitative estimate of drug-likeness (QED) is 0.697. The third-order valence-electron chi connectivity index (χ3n) is 2.21. The summed E-state index contributed by atoms with van der Waals surface area (Å²) in [5.74, 6) is 0. The Bertz CT molecular complexity index is 302. The van der Waals surface area contributed by atoms with Gasteiger partial charge in [-0.05, 0) is 16.5 Å². The molecule has 0 fully saturated rings. The van der Waals surface area contributed by atoms with E-state index in [1.165, 1.54) is 5.56 Å². The highest BCUT2D eigenvalue weighted by molar-refractivity contribution is 6.40. The largest absolute Gasteiger partial charge is 0.456 e. The van der Waals surface area contributed by atoms with Crippen molar-refractivity contribution in [3.8, 4) is 0 Å². The predicted octanol–water partition coefficient (Wildman–Crippen LogP) is 1.54. The van der Waals surface area contributed by atoms with E-state index in [1.54, 1.807) is 0 Å². The van der Waals surface area contributed by atoms with Crippen LogP contribution in [0.2, 0.25) is 0 Å². The van der Waals surface area contributed by atoms with Gasteiger partial charge in [0.15, 0.2) is 0 Å². The van der Waals surface area contributed by atoms with Crippen LogP contribution >= 0.6 is 0 Å². The van der Waals surface area contributed by atoms with Gasteiger partial charge in [-0.25, -0.2) is 0 Å². The first-order chi connectivity index (χ1) is 6.39. The Morgan fingerprint density at radius 1 is 1.21 bits per heavy atom. The van der Waals surface area contributed by atoms with Crippen LogP contribution in [0, 0.1) is 0 Å². The summed E-state index contributed by atoms with van der Waals surface area (Å²) < 4.78 is 0. The van der Waals surface area contributed by atoms with Crippen LogP contribution in [0.3, 0.4) is 0 Å². The molecule has 3 heteroatoms. The molecule has 0 aromatic heterocycles. The molecule has 0 unspecified atom stereocenters. The first-order valence-corrected chi connectivity index (χ1v) is 4.85. The second-order valence-electron chi connectivity index (χ2n) is 4.64. The van der Waals surface area contributed by atoms with Crippen molar-refractivity contribution in [1.82, 2.24) is 0 Å². The van der Waals surface area contributed by atoms with Gasteiger partial charge in [-0.1, -0.05) is 45.0 Å². The van der Waals surface area contributed by atoms with E-state index < -0.39 is 7.12 Å². The zero-order chi connectivity index (χ0) is 10.8. The molecule has 0 spiro atoms. The normalized spacial score (nSPS) is 11.5. The Kier molecular flexibility index (Phi) is 3.35. The van der Waals surface area contributed by atoms with Crippen LogP contribution in [0.25, 0.3) is 0 Å². The van der Waals surface area contributed by atoms with Crippen molar-refractivity contribution in [1.29, 1.82) is 0 Å². The minimum atomic E-state index is -1.26. The Morgan fingerprint density at radius 2 is 1.86 bits per heavy atom. The van der Waals surface area contributed by atoms with Gasteiger partial charge in [-0.15, -0.1) is 0 Å². The zero-order valence-electron chi connectivity index (χ0n) is 8.99. The van der Waals surface area contributed by atoms with Crippen LogP contribution in [-0.4, -0.2) is 17.2 Å². The molecule has 0 aliphatic heterocycles. The molecule has 76 valence electrons. The standard InChI is InChI=1S/C11H17BO2/c1-11(2,3)10-6-4-5-9(7-10)8-12(13)14/h4-7,13-14H,8H2,1-3H3. The fourth-order valence-electron chi connectivity index (χ4n) is 1.38. The third-order valence-corrected chi connectivity index (χ3v) is 2.21. The summed E-state index contributed by atoms with van der Waals surface area (Å²) in [6, 6.07) is 7.96. The highest BCUT2D eigenvalue weighted by atomic mass is 16.4. The number of benzene rings is 1. The molecule has 0 radical (unpaired) electrons. The summed E-state index contributed by atoms with van der Waals surface area (Å²) in [7, 11) is -1.26. The van der Waals surface area contributed by atoms with Crippen molar-refractivity contribution >= 4 is 7.12 Å². The van der Waals surface area contributed by atoms with Gasteiger partial charge in [-0.2, -0.15) is 0 Å². The molecular weight excluding hydrogens is 175 g/mol. The van der Waals surface area contributed by atoms with E-state index in [-0.39, 0.29) is 5.41 Å². The maximum absolute atomic E-state index is 8.86. The van der Waals surface area contributed by atoms with E-state index >= 15 is 0 Å². The monoisotopic (exact) mass is 192 g/mol. The van der Waals surface area contributed by atoms with Crippen molar-refractivity contribution in [2.75, 3.05) is 0 Å². The van der Waals surface area contributed by atoms with Crippen LogP contribution in [0.5, 0.6) is 0 Å². The second-order valence-corrected chi connectivity index (χ2v) is 4.64. The molecule has 0 bridgehead atoms. The number of hydrogen-bond donors (Lipinski definition) is 2. The van der Waals surface area contributed by atoms with Gasteiger partial charge in [0.05, 0.1) is 0 Å². The average molecular weight is 192 g/mol. The molecule has 0 atom stereocenters. The SMILES string of the molecule is CC(C)(C)c1cccc(CB(O)O)c1. The van der Waals surface area contributed by atoms with E-state index in [1.807, 2.05) is 18.2 Å². The van der Waals surface area contributed by atoms with Gasteiger partial charge in [-0.3, -0.25) is 0 Å². The lowest BCUT2D eigenvalue weighted by Gasteiger charge is -2.19. The molecule has 1 rings (SSSR count). The summed E-state index contributed by atoms with van der Waals surface area (Å²) in [5, 5.41) is 17.7. The smallest absolute Gasteiger partial charge is 0.427 e. The van der Waals surface area contributed by atoms with Gasteiger partial charge in [0.2, 0.25) is 0 Å². The molecule has 0 heterocycles. The first kappa shape index (κ1) is 11.3. The molecule has 1 aromatic rings. The van der Waals surface area contributed by atoms with E-state index in [0.717, 1.165) is 5.56 Å². The molecule has 0 aliphatic rings. The summed E-state index contributed by atoms with van der Waals surface area (Å²) in [5.41, 5.74) is 2.29. The molecular formula is C11H17BO2. The van der Waals surface area contributed by atoms with E-state index in [9.17, 15) is 0 Å². The lowest BCUT2D eigenvalue weighted by Crippen LogP contribution is -2.16. The van der Waals surface area contributed by atoms with Crippen molar-refractivity contribution in [2.45, 2.75) is 32.5 Å². The van der Waals surface area contributed by atoms with Crippen molar-refractivity contribution < 1.29 is 10.0 Å². The summed E-state index contributed by atoms with van der Waals surface area (Å²) in [6.07, 6.45) is 0.296. The Balaban J connectivity index is 2.90. The molecule has 0 amide bonds. The molecule has 2 nitrogen and oxygen atoms in total. The van der Waals surface area contributed by atoms with Crippen LogP contribution < -0.4 is 0 Å². The first-order valence-electron chi connectivity index (χ1n) is 4.85. The Labute approximate surface area is 85.7 Å². The predicted molar refractivity (Wildman–Crippen MR) is 59.0 cm³/mol. The minimum absolute atomic E-state index is 0.108. The molecule has 14 heavy (non-hydrogen) atoms. The number of hydrogen-bond acceptors (Lipinski definition) is 2. The fraction of sp³-hybridized carbons (Fsp3) is 0.455. The van der Waals surface area contributed by atoms with Gasteiger partial charge in [0, 0.05) is 6.32 Å². The highest BCUT2D eigenvalue weighted by Gasteiger charge is 2.15. The Morgan fingerprint density at radius 3 is 2.36 bits per heavy atom. The average Bonchev–Trinajstić information content (AvgIpc) is 2.01. The zero-order valence-corrected chi connectivity index (χ0v) is 8.99. The van der Waals surface area contributed by atoms with Gasteiger partial charge in [0.25, 0.3) is 0 Å². The second kappa shape index (κ2) is 4.15. The van der Waals surface area contributed by atoms with E-state index in [4.69, 9.17) is 10.0 Å². The summed E-state index contributed by atoms with van der Waals surface area (Å²) in [6.45, 7) is 6.42. The van der Waals surface area contributed by atoms with Crippen molar-refractivity contribution in [3.05, 3.63) is 35.4 Å². The summed E-state index contributed by atoms with van der Waals surface area (Å²) >= 11 is 0. The van der Waals surface area contributed by atoms with E-state index in [0.29, 0.717) is 6.32 Å². The third kappa shape index (κ3) is 3.16. The topological polar surface area (TPSA) is 40.5 Å². The van der Waals surface area contributed by atoms with Crippen LogP contribution in [-0.2, 0) is 11.7 Å². The lowest BCUT2D eigenvalue weighted by molar-refractivity contribution is 0.405.